The summed E-state index contributed by atoms with van der Waals surface area (Å²) >= 11 is 0. The van der Waals surface area contributed by atoms with E-state index in [2.05, 4.69) is 22.8 Å². The average molecular weight is 366 g/mol. The quantitative estimate of drug-likeness (QED) is 0.809. The summed E-state index contributed by atoms with van der Waals surface area (Å²) in [5.74, 6) is -0.277. The summed E-state index contributed by atoms with van der Waals surface area (Å²) in [6, 6.07) is 16.6. The Labute approximate surface area is 160 Å². The van der Waals surface area contributed by atoms with E-state index in [4.69, 9.17) is 4.74 Å². The lowest BCUT2D eigenvalue weighted by molar-refractivity contribution is -0.118. The maximum Gasteiger partial charge on any atom is 0.338 e. The summed E-state index contributed by atoms with van der Waals surface area (Å²) in [6.45, 7) is 6.31. The van der Waals surface area contributed by atoms with Gasteiger partial charge in [-0.1, -0.05) is 30.3 Å². The summed E-state index contributed by atoms with van der Waals surface area (Å²) in [4.78, 5) is 24.8. The molecule has 1 amide bonds. The minimum atomic E-state index is -0.537. The van der Waals surface area contributed by atoms with Crippen LogP contribution in [0.5, 0.6) is 0 Å². The van der Waals surface area contributed by atoms with Crippen LogP contribution in [0.2, 0.25) is 0 Å². The molecule has 1 aliphatic heterocycles. The molecule has 0 spiro atoms. The lowest BCUT2D eigenvalue weighted by atomic mass is 9.91. The monoisotopic (exact) mass is 366 g/mol. The molecule has 27 heavy (non-hydrogen) atoms. The van der Waals surface area contributed by atoms with Crippen LogP contribution in [0.15, 0.2) is 54.6 Å². The Morgan fingerprint density at radius 2 is 1.70 bits per heavy atom. The van der Waals surface area contributed by atoms with E-state index >= 15 is 0 Å². The number of esters is 1. The lowest BCUT2D eigenvalue weighted by Gasteiger charge is -2.20. The normalized spacial score (nSPS) is 19.5. The van der Waals surface area contributed by atoms with Crippen molar-refractivity contribution >= 4 is 17.6 Å². The van der Waals surface area contributed by atoms with Crippen LogP contribution in [0.3, 0.4) is 0 Å². The first-order chi connectivity index (χ1) is 12.8. The standard InChI is InChI=1S/C22H26N2O3/c1-22(2,3)27-21(26)16-9-11-17(12-10-16)24-20(25)19-18(13-14-23-19)15-7-5-4-6-8-15/h4-12,18-19,23H,13-14H2,1-3H3,(H,24,25)/t18-,19+/m0/s1. The molecule has 1 heterocycles. The molecule has 2 atom stereocenters. The van der Waals surface area contributed by atoms with Crippen LogP contribution < -0.4 is 10.6 Å². The van der Waals surface area contributed by atoms with Gasteiger partial charge in [0.15, 0.2) is 0 Å². The molecule has 0 saturated carbocycles. The van der Waals surface area contributed by atoms with Crippen molar-refractivity contribution in [2.45, 2.75) is 44.8 Å². The van der Waals surface area contributed by atoms with Gasteiger partial charge in [0.05, 0.1) is 11.6 Å². The SMILES string of the molecule is CC(C)(C)OC(=O)c1ccc(NC(=O)[C@@H]2NCC[C@H]2c2ccccc2)cc1. The molecule has 2 N–H and O–H groups in total. The van der Waals surface area contributed by atoms with Crippen molar-refractivity contribution < 1.29 is 14.3 Å². The first-order valence-electron chi connectivity index (χ1n) is 9.26. The van der Waals surface area contributed by atoms with E-state index in [1.165, 1.54) is 5.56 Å². The second kappa shape index (κ2) is 7.92. The van der Waals surface area contributed by atoms with Crippen molar-refractivity contribution in [3.63, 3.8) is 0 Å². The van der Waals surface area contributed by atoms with Crippen molar-refractivity contribution in [2.24, 2.45) is 0 Å². The zero-order chi connectivity index (χ0) is 19.4. The Morgan fingerprint density at radius 1 is 1.04 bits per heavy atom. The smallest absolute Gasteiger partial charge is 0.338 e. The third kappa shape index (κ3) is 4.95. The minimum absolute atomic E-state index is 0.0635. The third-order valence-corrected chi connectivity index (χ3v) is 4.52. The number of nitrogens with one attached hydrogen (secondary N) is 2. The number of rotatable bonds is 4. The number of carbonyl (C=O) groups excluding carboxylic acids is 2. The second-order valence-electron chi connectivity index (χ2n) is 7.81. The minimum Gasteiger partial charge on any atom is -0.456 e. The van der Waals surface area contributed by atoms with Crippen molar-refractivity contribution in [3.8, 4) is 0 Å². The predicted molar refractivity (Wildman–Crippen MR) is 106 cm³/mol. The van der Waals surface area contributed by atoms with Gasteiger partial charge in [-0.25, -0.2) is 4.79 Å². The maximum absolute atomic E-state index is 12.7. The van der Waals surface area contributed by atoms with Crippen molar-refractivity contribution in [2.75, 3.05) is 11.9 Å². The second-order valence-corrected chi connectivity index (χ2v) is 7.81. The topological polar surface area (TPSA) is 67.4 Å². The fraction of sp³-hybridized carbons (Fsp3) is 0.364. The third-order valence-electron chi connectivity index (χ3n) is 4.52. The van der Waals surface area contributed by atoms with Crippen LogP contribution in [-0.4, -0.2) is 30.1 Å². The molecule has 1 fully saturated rings. The number of amides is 1. The Balaban J connectivity index is 1.65. The van der Waals surface area contributed by atoms with E-state index in [-0.39, 0.29) is 23.8 Å². The highest BCUT2D eigenvalue weighted by Gasteiger charge is 2.33. The van der Waals surface area contributed by atoms with Gasteiger partial charge >= 0.3 is 5.97 Å². The van der Waals surface area contributed by atoms with Crippen LogP contribution in [0.25, 0.3) is 0 Å². The molecule has 0 radical (unpaired) electrons. The van der Waals surface area contributed by atoms with Crippen LogP contribution >= 0.6 is 0 Å². The number of carbonyl (C=O) groups is 2. The molecule has 1 aliphatic rings. The number of benzene rings is 2. The van der Waals surface area contributed by atoms with Gasteiger partial charge in [-0.05, 0) is 63.6 Å². The van der Waals surface area contributed by atoms with Crippen molar-refractivity contribution in [1.82, 2.24) is 5.32 Å². The van der Waals surface area contributed by atoms with Crippen LogP contribution in [0, 0.1) is 0 Å². The maximum atomic E-state index is 12.7. The highest BCUT2D eigenvalue weighted by molar-refractivity contribution is 5.96. The Morgan fingerprint density at radius 3 is 2.33 bits per heavy atom. The Kier molecular flexibility index (Phi) is 5.61. The molecule has 0 unspecified atom stereocenters. The summed E-state index contributed by atoms with van der Waals surface area (Å²) in [7, 11) is 0. The molecule has 5 nitrogen and oxygen atoms in total. The van der Waals surface area contributed by atoms with Crippen LogP contribution in [0.4, 0.5) is 5.69 Å². The fourth-order valence-electron chi connectivity index (χ4n) is 3.28. The molecule has 1 saturated heterocycles. The zero-order valence-corrected chi connectivity index (χ0v) is 16.0. The molecule has 0 aromatic heterocycles. The summed E-state index contributed by atoms with van der Waals surface area (Å²) < 4.78 is 5.35. The molecule has 2 aromatic rings. The summed E-state index contributed by atoms with van der Waals surface area (Å²) in [6.07, 6.45) is 0.930. The molecular formula is C22H26N2O3. The zero-order valence-electron chi connectivity index (χ0n) is 16.0. The van der Waals surface area contributed by atoms with E-state index in [9.17, 15) is 9.59 Å². The Bertz CT molecular complexity index is 795. The van der Waals surface area contributed by atoms with Crippen LogP contribution in [-0.2, 0) is 9.53 Å². The van der Waals surface area contributed by atoms with E-state index < -0.39 is 5.60 Å². The van der Waals surface area contributed by atoms with Crippen molar-refractivity contribution in [1.29, 1.82) is 0 Å². The highest BCUT2D eigenvalue weighted by atomic mass is 16.6. The highest BCUT2D eigenvalue weighted by Crippen LogP contribution is 2.28. The predicted octanol–water partition coefficient (Wildman–Crippen LogP) is 3.73. The van der Waals surface area contributed by atoms with Crippen LogP contribution in [0.1, 0.15) is 49.0 Å². The average Bonchev–Trinajstić information content (AvgIpc) is 3.11. The molecule has 142 valence electrons. The Hall–Kier alpha value is -2.66. The van der Waals surface area contributed by atoms with E-state index in [1.54, 1.807) is 24.3 Å². The largest absolute Gasteiger partial charge is 0.456 e. The summed E-state index contributed by atoms with van der Waals surface area (Å²) in [5.41, 5.74) is 1.75. The molecule has 2 aromatic carbocycles. The number of anilines is 1. The van der Waals surface area contributed by atoms with E-state index in [0.29, 0.717) is 11.3 Å². The number of hydrogen-bond acceptors (Lipinski definition) is 4. The van der Waals surface area contributed by atoms with Gasteiger partial charge in [0, 0.05) is 11.6 Å². The van der Waals surface area contributed by atoms with Gasteiger partial charge in [0.2, 0.25) is 5.91 Å². The first kappa shape index (κ1) is 19.1. The molecule has 3 rings (SSSR count). The van der Waals surface area contributed by atoms with Gasteiger partial charge < -0.3 is 15.4 Å². The number of ether oxygens (including phenoxy) is 1. The molecule has 0 aliphatic carbocycles. The molecule has 5 heteroatoms. The molecular weight excluding hydrogens is 340 g/mol. The van der Waals surface area contributed by atoms with E-state index in [0.717, 1.165) is 13.0 Å². The fourth-order valence-corrected chi connectivity index (χ4v) is 3.28. The van der Waals surface area contributed by atoms with E-state index in [1.807, 2.05) is 39.0 Å². The lowest BCUT2D eigenvalue weighted by Crippen LogP contribution is -2.39. The first-order valence-corrected chi connectivity index (χ1v) is 9.26. The van der Waals surface area contributed by atoms with Crippen molar-refractivity contribution in [3.05, 3.63) is 65.7 Å². The van der Waals surface area contributed by atoms with Gasteiger partial charge in [0.25, 0.3) is 0 Å². The van der Waals surface area contributed by atoms with Gasteiger partial charge in [-0.3, -0.25) is 4.79 Å². The van der Waals surface area contributed by atoms with Gasteiger partial charge in [-0.2, -0.15) is 0 Å². The van der Waals surface area contributed by atoms with Gasteiger partial charge in [0.1, 0.15) is 5.60 Å². The summed E-state index contributed by atoms with van der Waals surface area (Å²) in [5, 5.41) is 6.24. The number of hydrogen-bond donors (Lipinski definition) is 2. The molecule has 0 bridgehead atoms. The van der Waals surface area contributed by atoms with Gasteiger partial charge in [-0.15, -0.1) is 0 Å².